The van der Waals surface area contributed by atoms with Crippen LogP contribution in [0.15, 0.2) is 0 Å². The Bertz CT molecular complexity index is 1920. The lowest BCUT2D eigenvalue weighted by atomic mass is 9.96. The van der Waals surface area contributed by atoms with Gasteiger partial charge in [-0.25, -0.2) is 4.79 Å². The van der Waals surface area contributed by atoms with Crippen LogP contribution >= 0.6 is 0 Å². The Morgan fingerprint density at radius 3 is 1.45 bits per heavy atom. The fourth-order valence-corrected chi connectivity index (χ4v) is 8.42. The average molecular weight is 1250 g/mol. The van der Waals surface area contributed by atoms with E-state index in [2.05, 4.69) is 26.4 Å². The molecule has 0 aromatic carbocycles. The standard InChI is InChI=1S/C26H48N2O17.C11H16BN2O5.C8H16BN2O2.C7H16N2O/c27-5-3-1-2-4-14(31)28-6-7-40-25-22(39)23(45-26-21(38)19(36)16(33)12(9-30)43-26)17(34)13(44-25)10-41-24-20(37)18(35)15(32)11(8-29)42-24;15-8-12-13-7-3-1-2-4-11(18)19-14-9(16)5-6-10(14)17;1-10-8(13)5-3-2-4-6-11-9-7-12;1-9-7(10)5-3-2-4-6-8/h11-13,15-26,29-30,32-39H,1-10,27H2,(H,28,31);8,13H,1-7H2;7,11H,2-6H2,1H3,(H,10,13);2-6,8H2,1H3,(H,9,10). The van der Waals surface area contributed by atoms with Crippen LogP contribution in [0.25, 0.3) is 0 Å². The fraction of sp³-hybridized carbons (Fsp3) is 0.846. The first-order valence-electron chi connectivity index (χ1n) is 29.4. The number of nitrogens with two attached hydrogens (primary N) is 2. The number of amides is 5. The fourth-order valence-electron chi connectivity index (χ4n) is 8.42. The van der Waals surface area contributed by atoms with Gasteiger partial charge < -0.3 is 132 Å². The van der Waals surface area contributed by atoms with Gasteiger partial charge in [0.05, 0.1) is 38.8 Å². The number of ether oxygens (including phenoxy) is 6. The van der Waals surface area contributed by atoms with Crippen LogP contribution in [0.4, 0.5) is 0 Å². The number of carbonyl (C=O) groups is 8. The van der Waals surface area contributed by atoms with E-state index in [1.54, 1.807) is 14.1 Å². The van der Waals surface area contributed by atoms with E-state index in [1.165, 1.54) is 14.8 Å². The molecular formula is C52H96B2N8O25. The molecule has 87 heavy (non-hydrogen) atoms. The molecule has 15 unspecified atom stereocenters. The number of rotatable bonds is 38. The summed E-state index contributed by atoms with van der Waals surface area (Å²) >= 11 is 0. The van der Waals surface area contributed by atoms with Gasteiger partial charge in [-0.2, -0.15) is 0 Å². The van der Waals surface area contributed by atoms with Gasteiger partial charge in [0.15, 0.2) is 18.9 Å². The van der Waals surface area contributed by atoms with Crippen molar-refractivity contribution in [2.24, 2.45) is 11.5 Å². The summed E-state index contributed by atoms with van der Waals surface area (Å²) in [6.45, 7) is 0.512. The van der Waals surface area contributed by atoms with E-state index in [9.17, 15) is 89.4 Å². The van der Waals surface area contributed by atoms with Crippen LogP contribution in [0.2, 0.25) is 0 Å². The summed E-state index contributed by atoms with van der Waals surface area (Å²) in [6, 6.07) is 0. The van der Waals surface area contributed by atoms with E-state index in [-0.39, 0.29) is 56.6 Å². The largest absolute Gasteiger partial charge is 0.394 e. The molecule has 500 valence electrons. The molecule has 2 radical (unpaired) electrons. The molecule has 15 atom stereocenters. The minimum atomic E-state index is -1.87. The molecule has 0 aromatic rings. The zero-order valence-electron chi connectivity index (χ0n) is 49.8. The third-order valence-corrected chi connectivity index (χ3v) is 13.5. The molecule has 33 nitrogen and oxygen atoms in total. The minimum Gasteiger partial charge on any atom is -0.394 e. The summed E-state index contributed by atoms with van der Waals surface area (Å²) in [5.74, 6) is -1.52. The number of nitrogens with one attached hydrogen (secondary N) is 5. The van der Waals surface area contributed by atoms with Crippen molar-refractivity contribution in [2.75, 3.05) is 73.2 Å². The highest BCUT2D eigenvalue weighted by Gasteiger charge is 2.52. The molecule has 4 saturated heterocycles. The second-order valence-corrected chi connectivity index (χ2v) is 20.3. The molecule has 0 bridgehead atoms. The molecule has 19 N–H and O–H groups in total. The maximum absolute atomic E-state index is 12.0. The molecule has 4 aliphatic heterocycles. The molecule has 4 rings (SSSR count). The van der Waals surface area contributed by atoms with Gasteiger partial charge in [-0.15, -0.1) is 5.06 Å². The number of hydroxylamine groups is 2. The van der Waals surface area contributed by atoms with E-state index < -0.39 is 130 Å². The number of nitrogens with zero attached hydrogens (tertiary/aromatic N) is 1. The summed E-state index contributed by atoms with van der Waals surface area (Å²) < 4.78 is 33.0. The smallest absolute Gasteiger partial charge is 0.333 e. The van der Waals surface area contributed by atoms with Crippen LogP contribution < -0.4 is 37.9 Å². The Hall–Kier alpha value is -4.31. The van der Waals surface area contributed by atoms with Gasteiger partial charge in [0.25, 0.3) is 26.6 Å². The van der Waals surface area contributed by atoms with E-state index >= 15 is 0 Å². The normalized spacial score (nSPS) is 27.6. The van der Waals surface area contributed by atoms with Gasteiger partial charge in [-0.1, -0.05) is 25.7 Å². The first kappa shape index (κ1) is 80.7. The SMILES string of the molecule is CNC(=O)CCCCCN.CNC(=O)CCCCCN[B]C=O.NCCCCCC(=O)NCCOC1OC(COC2OC(CO)C(O)C(O)C2O)C(O)C(OC2OC(CO)C(O)C(O)C2O)C1O.O=C[B]NCCCCCC(=O)ON1C(=O)CCC1=O. The van der Waals surface area contributed by atoms with Gasteiger partial charge in [-0.3, -0.25) is 24.0 Å². The van der Waals surface area contributed by atoms with Crippen LogP contribution in [0.3, 0.4) is 0 Å². The van der Waals surface area contributed by atoms with Crippen LogP contribution in [0, 0.1) is 0 Å². The van der Waals surface area contributed by atoms with Crippen LogP contribution in [-0.2, 0) is 71.6 Å². The molecule has 4 heterocycles. The molecule has 5 amide bonds. The molecule has 4 aliphatic rings. The summed E-state index contributed by atoms with van der Waals surface area (Å²) in [4.78, 5) is 91.7. The minimum absolute atomic E-state index is 0.0229. The lowest BCUT2D eigenvalue weighted by Crippen LogP contribution is -2.65. The quantitative estimate of drug-likeness (QED) is 0.0118. The lowest BCUT2D eigenvalue weighted by molar-refractivity contribution is -0.366. The van der Waals surface area contributed by atoms with Gasteiger partial charge >= 0.3 is 5.97 Å². The van der Waals surface area contributed by atoms with E-state index in [0.29, 0.717) is 50.0 Å². The van der Waals surface area contributed by atoms with E-state index in [4.69, 9.17) is 44.7 Å². The lowest BCUT2D eigenvalue weighted by Gasteiger charge is -2.46. The van der Waals surface area contributed by atoms with Gasteiger partial charge in [0.2, 0.25) is 17.7 Å². The topological polar surface area (TPSA) is 519 Å². The van der Waals surface area contributed by atoms with Gasteiger partial charge in [0, 0.05) is 59.2 Å². The highest BCUT2D eigenvalue weighted by atomic mass is 16.8. The number of aliphatic hydroxyl groups is 10. The Balaban J connectivity index is 0.000000730. The van der Waals surface area contributed by atoms with Crippen LogP contribution in [0.1, 0.15) is 116 Å². The number of carbonyl (C=O) groups excluding carboxylic acids is 8. The monoisotopic (exact) mass is 1250 g/mol. The average Bonchev–Trinajstić information content (AvgIpc) is 1.83. The zero-order chi connectivity index (χ0) is 65.1. The van der Waals surface area contributed by atoms with Crippen LogP contribution in [-0.4, -0.2) is 284 Å². The maximum atomic E-state index is 12.0. The predicted molar refractivity (Wildman–Crippen MR) is 306 cm³/mol. The third kappa shape index (κ3) is 32.3. The van der Waals surface area contributed by atoms with E-state index in [1.807, 2.05) is 0 Å². The molecule has 35 heteroatoms. The van der Waals surface area contributed by atoms with Crippen molar-refractivity contribution in [2.45, 2.75) is 208 Å². The second kappa shape index (κ2) is 48.5. The van der Waals surface area contributed by atoms with Gasteiger partial charge in [0.1, 0.15) is 73.2 Å². The Labute approximate surface area is 508 Å². The molecule has 0 spiro atoms. The number of hydrogen-bond acceptors (Lipinski definition) is 29. The first-order valence-corrected chi connectivity index (χ1v) is 29.4. The molecule has 0 aromatic heterocycles. The highest BCUT2D eigenvalue weighted by molar-refractivity contribution is 6.64. The predicted octanol–water partition coefficient (Wildman–Crippen LogP) is -7.42. The zero-order valence-corrected chi connectivity index (χ0v) is 49.8. The second-order valence-electron chi connectivity index (χ2n) is 20.3. The van der Waals surface area contributed by atoms with Crippen molar-refractivity contribution in [1.29, 1.82) is 0 Å². The molecular weight excluding hydrogens is 1160 g/mol. The van der Waals surface area contributed by atoms with Gasteiger partial charge in [-0.05, 0) is 77.5 Å². The van der Waals surface area contributed by atoms with E-state index in [0.717, 1.165) is 83.5 Å². The van der Waals surface area contributed by atoms with Crippen molar-refractivity contribution < 1.29 is 123 Å². The van der Waals surface area contributed by atoms with Crippen molar-refractivity contribution in [3.05, 3.63) is 0 Å². The number of hydrogen-bond donors (Lipinski definition) is 17. The van der Waals surface area contributed by atoms with Crippen molar-refractivity contribution in [3.63, 3.8) is 0 Å². The first-order chi connectivity index (χ1) is 41.7. The maximum Gasteiger partial charge on any atom is 0.333 e. The summed E-state index contributed by atoms with van der Waals surface area (Å²) in [6.07, 6.45) is -10.9. The number of aliphatic hydroxyl groups excluding tert-OH is 10. The van der Waals surface area contributed by atoms with Crippen molar-refractivity contribution in [3.8, 4) is 0 Å². The molecule has 4 fully saturated rings. The number of unbranched alkanes of at least 4 members (excludes halogenated alkanes) is 8. The highest BCUT2D eigenvalue weighted by Crippen LogP contribution is 2.31. The number of imide groups is 1. The Morgan fingerprint density at radius 2 is 0.977 bits per heavy atom. The Morgan fingerprint density at radius 1 is 0.540 bits per heavy atom. The van der Waals surface area contributed by atoms with Crippen LogP contribution in [0.5, 0.6) is 0 Å². The third-order valence-electron chi connectivity index (χ3n) is 13.5. The summed E-state index contributed by atoms with van der Waals surface area (Å²) in [5.41, 5.74) is 10.7. The summed E-state index contributed by atoms with van der Waals surface area (Å²) in [7, 11) is 6.01. The molecule has 0 saturated carbocycles. The van der Waals surface area contributed by atoms with Crippen molar-refractivity contribution >= 4 is 62.7 Å². The Kier molecular flexibility index (Phi) is 45.0. The summed E-state index contributed by atoms with van der Waals surface area (Å²) in [5, 5.41) is 116. The molecule has 0 aliphatic carbocycles. The van der Waals surface area contributed by atoms with Crippen molar-refractivity contribution in [1.82, 2.24) is 31.5 Å².